The van der Waals surface area contributed by atoms with Gasteiger partial charge in [-0.1, -0.05) is 19.4 Å². The van der Waals surface area contributed by atoms with Crippen LogP contribution in [-0.4, -0.2) is 38.3 Å². The van der Waals surface area contributed by atoms with E-state index in [0.29, 0.717) is 11.8 Å². The van der Waals surface area contributed by atoms with Gasteiger partial charge in [0, 0.05) is 30.5 Å². The second-order valence-electron chi connectivity index (χ2n) is 5.52. The lowest BCUT2D eigenvalue weighted by molar-refractivity contribution is 0.209. The molecule has 2 heterocycles. The Morgan fingerprint density at radius 3 is 3.11 bits per heavy atom. The number of ether oxygens (including phenoxy) is 2. The highest BCUT2D eigenvalue weighted by atomic mass is 16.5. The fourth-order valence-electron chi connectivity index (χ4n) is 3.36. The molecule has 1 fully saturated rings. The summed E-state index contributed by atoms with van der Waals surface area (Å²) in [4.78, 5) is 2.55. The molecule has 103 valence electrons. The van der Waals surface area contributed by atoms with E-state index in [2.05, 4.69) is 17.9 Å². The van der Waals surface area contributed by atoms with Crippen molar-refractivity contribution in [1.29, 1.82) is 0 Å². The van der Waals surface area contributed by atoms with Crippen molar-refractivity contribution in [3.63, 3.8) is 0 Å². The van der Waals surface area contributed by atoms with Crippen LogP contribution in [0.5, 0.6) is 11.5 Å². The number of hydrogen-bond donors (Lipinski definition) is 0. The topological polar surface area (TPSA) is 21.7 Å². The number of likely N-dealkylation sites (tertiary alicyclic amines) is 1. The van der Waals surface area contributed by atoms with Crippen LogP contribution in [0.3, 0.4) is 0 Å². The van der Waals surface area contributed by atoms with Gasteiger partial charge in [0.1, 0.15) is 11.5 Å². The van der Waals surface area contributed by atoms with E-state index in [0.717, 1.165) is 44.2 Å². The van der Waals surface area contributed by atoms with Crippen molar-refractivity contribution in [3.05, 3.63) is 30.7 Å². The summed E-state index contributed by atoms with van der Waals surface area (Å²) in [6, 6.07) is 6.11. The molecule has 0 N–H and O–H groups in total. The smallest absolute Gasteiger partial charge is 0.126 e. The van der Waals surface area contributed by atoms with Crippen molar-refractivity contribution >= 4 is 0 Å². The molecule has 0 unspecified atom stereocenters. The highest BCUT2D eigenvalue weighted by molar-refractivity contribution is 5.49. The van der Waals surface area contributed by atoms with E-state index in [-0.39, 0.29) is 0 Å². The maximum atomic E-state index is 5.91. The Labute approximate surface area is 115 Å². The second-order valence-corrected chi connectivity index (χ2v) is 5.52. The summed E-state index contributed by atoms with van der Waals surface area (Å²) in [5.74, 6) is 3.16. The quantitative estimate of drug-likeness (QED) is 0.831. The standard InChI is InChI=1S/C16H22NO2/c1-3-4-8-17-9-12-11-19-15-7-5-6-14(18-2)16(15)13(12)10-17/h5-7,12-13H,1,3-4,8-11H2,2H3/t12-,13+/m0/s1. The first-order valence-electron chi connectivity index (χ1n) is 7.14. The Morgan fingerprint density at radius 2 is 2.32 bits per heavy atom. The molecule has 0 saturated carbocycles. The average Bonchev–Trinajstić information content (AvgIpc) is 2.87. The van der Waals surface area contributed by atoms with Crippen LogP contribution in [0.4, 0.5) is 0 Å². The third kappa shape index (κ3) is 2.32. The lowest BCUT2D eigenvalue weighted by atomic mass is 9.86. The summed E-state index contributed by atoms with van der Waals surface area (Å²) in [6.07, 6.45) is 2.20. The van der Waals surface area contributed by atoms with E-state index in [9.17, 15) is 0 Å². The minimum Gasteiger partial charge on any atom is -0.496 e. The van der Waals surface area contributed by atoms with Gasteiger partial charge < -0.3 is 14.4 Å². The van der Waals surface area contributed by atoms with Gasteiger partial charge in [-0.15, -0.1) is 0 Å². The number of fused-ring (bicyclic) bond motifs is 3. The van der Waals surface area contributed by atoms with Gasteiger partial charge in [0.2, 0.25) is 0 Å². The lowest BCUT2D eigenvalue weighted by Crippen LogP contribution is -2.25. The first-order valence-corrected chi connectivity index (χ1v) is 7.14. The number of methoxy groups -OCH3 is 1. The van der Waals surface area contributed by atoms with Crippen molar-refractivity contribution in [1.82, 2.24) is 4.90 Å². The van der Waals surface area contributed by atoms with Crippen LogP contribution in [-0.2, 0) is 0 Å². The summed E-state index contributed by atoms with van der Waals surface area (Å²) in [6.45, 7) is 8.19. The molecule has 3 rings (SSSR count). The molecule has 1 aromatic rings. The lowest BCUT2D eigenvalue weighted by Gasteiger charge is -2.29. The number of unbranched alkanes of at least 4 members (excludes halogenated alkanes) is 1. The van der Waals surface area contributed by atoms with E-state index >= 15 is 0 Å². The first kappa shape index (κ1) is 12.8. The third-order valence-corrected chi connectivity index (χ3v) is 4.31. The molecule has 1 saturated heterocycles. The number of rotatable bonds is 4. The number of benzene rings is 1. The van der Waals surface area contributed by atoms with Gasteiger partial charge in [-0.2, -0.15) is 0 Å². The van der Waals surface area contributed by atoms with Gasteiger partial charge in [0.15, 0.2) is 0 Å². The Bertz CT molecular complexity index is 432. The van der Waals surface area contributed by atoms with Gasteiger partial charge in [0.05, 0.1) is 13.7 Å². The second kappa shape index (κ2) is 5.41. The van der Waals surface area contributed by atoms with Crippen LogP contribution in [0.1, 0.15) is 24.3 Å². The van der Waals surface area contributed by atoms with Gasteiger partial charge in [-0.05, 0) is 25.1 Å². The molecule has 3 nitrogen and oxygen atoms in total. The molecule has 0 bridgehead atoms. The SMILES string of the molecule is [CH2]CCCN1C[C@H]2COc3cccc(OC)c3[C@@H]2C1. The zero-order chi connectivity index (χ0) is 13.2. The minimum atomic E-state index is 0.560. The maximum absolute atomic E-state index is 5.91. The largest absolute Gasteiger partial charge is 0.496 e. The molecule has 2 aliphatic rings. The Kier molecular flexibility index (Phi) is 3.65. The van der Waals surface area contributed by atoms with Crippen LogP contribution in [0.25, 0.3) is 0 Å². The van der Waals surface area contributed by atoms with E-state index in [4.69, 9.17) is 9.47 Å². The molecule has 0 amide bonds. The summed E-state index contributed by atoms with van der Waals surface area (Å²) in [5, 5.41) is 0. The molecule has 2 aliphatic heterocycles. The average molecular weight is 260 g/mol. The molecule has 0 spiro atoms. The van der Waals surface area contributed by atoms with E-state index < -0.39 is 0 Å². The van der Waals surface area contributed by atoms with Crippen molar-refractivity contribution in [3.8, 4) is 11.5 Å². The summed E-state index contributed by atoms with van der Waals surface area (Å²) in [5.41, 5.74) is 1.28. The third-order valence-electron chi connectivity index (χ3n) is 4.31. The van der Waals surface area contributed by atoms with Crippen molar-refractivity contribution < 1.29 is 9.47 Å². The molecule has 0 aromatic heterocycles. The highest BCUT2D eigenvalue weighted by Gasteiger charge is 2.40. The molecule has 3 heteroatoms. The van der Waals surface area contributed by atoms with Crippen molar-refractivity contribution in [2.75, 3.05) is 33.4 Å². The van der Waals surface area contributed by atoms with Crippen molar-refractivity contribution in [2.45, 2.75) is 18.8 Å². The minimum absolute atomic E-state index is 0.560. The Balaban J connectivity index is 1.84. The fourth-order valence-corrected chi connectivity index (χ4v) is 3.36. The van der Waals surface area contributed by atoms with Crippen molar-refractivity contribution in [2.24, 2.45) is 5.92 Å². The first-order chi connectivity index (χ1) is 9.33. The van der Waals surface area contributed by atoms with Gasteiger partial charge in [0.25, 0.3) is 0 Å². The van der Waals surface area contributed by atoms with Gasteiger partial charge in [-0.25, -0.2) is 0 Å². The summed E-state index contributed by atoms with van der Waals surface area (Å²) in [7, 11) is 1.74. The Hall–Kier alpha value is -1.22. The molecule has 19 heavy (non-hydrogen) atoms. The monoisotopic (exact) mass is 260 g/mol. The maximum Gasteiger partial charge on any atom is 0.126 e. The molecule has 0 aliphatic carbocycles. The van der Waals surface area contributed by atoms with Crippen LogP contribution in [0, 0.1) is 12.8 Å². The zero-order valence-corrected chi connectivity index (χ0v) is 11.6. The van der Waals surface area contributed by atoms with Crippen LogP contribution < -0.4 is 9.47 Å². The molecule has 2 atom stereocenters. The molecule has 1 aromatic carbocycles. The van der Waals surface area contributed by atoms with Gasteiger partial charge >= 0.3 is 0 Å². The molecule has 1 radical (unpaired) electrons. The highest BCUT2D eigenvalue weighted by Crippen LogP contribution is 2.45. The van der Waals surface area contributed by atoms with Crippen LogP contribution in [0.2, 0.25) is 0 Å². The van der Waals surface area contributed by atoms with E-state index in [1.807, 2.05) is 12.1 Å². The van der Waals surface area contributed by atoms with E-state index in [1.165, 1.54) is 12.0 Å². The van der Waals surface area contributed by atoms with Crippen LogP contribution >= 0.6 is 0 Å². The number of hydrogen-bond acceptors (Lipinski definition) is 3. The zero-order valence-electron chi connectivity index (χ0n) is 11.6. The predicted octanol–water partition coefficient (Wildman–Crippen LogP) is 2.72. The number of nitrogens with zero attached hydrogens (tertiary/aromatic N) is 1. The summed E-state index contributed by atoms with van der Waals surface area (Å²) >= 11 is 0. The normalized spacial score (nSPS) is 25.6. The van der Waals surface area contributed by atoms with E-state index in [1.54, 1.807) is 7.11 Å². The van der Waals surface area contributed by atoms with Crippen LogP contribution in [0.15, 0.2) is 18.2 Å². The fraction of sp³-hybridized carbons (Fsp3) is 0.562. The summed E-state index contributed by atoms with van der Waals surface area (Å²) < 4.78 is 11.4. The molecular weight excluding hydrogens is 238 g/mol. The predicted molar refractivity (Wildman–Crippen MR) is 75.8 cm³/mol. The molecular formula is C16H22NO2. The van der Waals surface area contributed by atoms with Gasteiger partial charge in [-0.3, -0.25) is 0 Å². The Morgan fingerprint density at radius 1 is 1.42 bits per heavy atom.